The van der Waals surface area contributed by atoms with Gasteiger partial charge in [-0.2, -0.15) is 0 Å². The summed E-state index contributed by atoms with van der Waals surface area (Å²) in [5.74, 6) is -0.356. The molecular weight excluding hydrogens is 268 g/mol. The number of carbonyl (C=O) groups is 1. The highest BCUT2D eigenvalue weighted by molar-refractivity contribution is 5.87. The summed E-state index contributed by atoms with van der Waals surface area (Å²) in [5.41, 5.74) is 2.06. The molecule has 106 valence electrons. The number of anilines is 1. The van der Waals surface area contributed by atoms with Crippen molar-refractivity contribution in [3.8, 4) is 0 Å². The van der Waals surface area contributed by atoms with E-state index < -0.39 is 5.97 Å². The molecule has 0 saturated carbocycles. The monoisotopic (exact) mass is 282 g/mol. The van der Waals surface area contributed by atoms with Crippen molar-refractivity contribution in [2.24, 2.45) is 0 Å². The quantitative estimate of drug-likeness (QED) is 0.684. The summed E-state index contributed by atoms with van der Waals surface area (Å²) in [6, 6.07) is 7.22. The number of hydrogen-bond donors (Lipinski definition) is 3. The fraction of sp³-hybridized carbons (Fsp3) is 0.133. The number of aromatic amines is 1. The lowest BCUT2D eigenvalue weighted by atomic mass is 10.1. The molecule has 0 spiro atoms. The summed E-state index contributed by atoms with van der Waals surface area (Å²) in [4.78, 5) is 22.3. The third-order valence-electron chi connectivity index (χ3n) is 3.30. The van der Waals surface area contributed by atoms with Crippen LogP contribution in [0, 0.1) is 0 Å². The highest BCUT2D eigenvalue weighted by Gasteiger charge is 2.09. The molecule has 21 heavy (non-hydrogen) atoms. The highest BCUT2D eigenvalue weighted by atomic mass is 16.4. The van der Waals surface area contributed by atoms with E-state index in [1.54, 1.807) is 6.07 Å². The Morgan fingerprint density at radius 2 is 2.14 bits per heavy atom. The Morgan fingerprint density at radius 1 is 1.29 bits per heavy atom. The van der Waals surface area contributed by atoms with E-state index in [9.17, 15) is 4.79 Å². The summed E-state index contributed by atoms with van der Waals surface area (Å²) in [7, 11) is 0. The average Bonchev–Trinajstić information content (AvgIpc) is 2.95. The molecule has 1 atom stereocenters. The molecule has 1 unspecified atom stereocenters. The fourth-order valence-electron chi connectivity index (χ4n) is 2.10. The van der Waals surface area contributed by atoms with Gasteiger partial charge in [0.25, 0.3) is 0 Å². The van der Waals surface area contributed by atoms with Crippen molar-refractivity contribution >= 4 is 22.8 Å². The van der Waals surface area contributed by atoms with Crippen molar-refractivity contribution in [3.05, 3.63) is 54.0 Å². The second-order valence-electron chi connectivity index (χ2n) is 4.79. The number of carboxylic acid groups (broad SMARTS) is 1. The molecule has 0 saturated heterocycles. The molecule has 3 aromatic rings. The second-order valence-corrected chi connectivity index (χ2v) is 4.79. The Balaban J connectivity index is 1.78. The van der Waals surface area contributed by atoms with Gasteiger partial charge in [0.2, 0.25) is 0 Å². The van der Waals surface area contributed by atoms with Crippen molar-refractivity contribution in [2.45, 2.75) is 13.0 Å². The predicted molar refractivity (Wildman–Crippen MR) is 79.3 cm³/mol. The van der Waals surface area contributed by atoms with Crippen LogP contribution in [0.5, 0.6) is 0 Å². The third-order valence-corrected chi connectivity index (χ3v) is 3.30. The number of hydrogen-bond acceptors (Lipinski definition) is 4. The first-order valence-corrected chi connectivity index (χ1v) is 6.52. The molecular formula is C15H14N4O2. The first-order chi connectivity index (χ1) is 10.1. The van der Waals surface area contributed by atoms with Gasteiger partial charge >= 0.3 is 5.97 Å². The van der Waals surface area contributed by atoms with Crippen molar-refractivity contribution < 1.29 is 9.90 Å². The number of fused-ring (bicyclic) bond motifs is 1. The van der Waals surface area contributed by atoms with Crippen LogP contribution in [0.4, 0.5) is 5.82 Å². The zero-order chi connectivity index (χ0) is 14.8. The van der Waals surface area contributed by atoms with Crippen molar-refractivity contribution in [1.29, 1.82) is 0 Å². The maximum Gasteiger partial charge on any atom is 0.337 e. The molecule has 6 heteroatoms. The molecule has 0 bridgehead atoms. The fourth-order valence-corrected chi connectivity index (χ4v) is 2.10. The molecule has 0 aliphatic heterocycles. The molecule has 3 heterocycles. The molecule has 3 rings (SSSR count). The van der Waals surface area contributed by atoms with E-state index in [-0.39, 0.29) is 11.6 Å². The van der Waals surface area contributed by atoms with Crippen LogP contribution in [0.2, 0.25) is 0 Å². The molecule has 0 aromatic carbocycles. The summed E-state index contributed by atoms with van der Waals surface area (Å²) in [5, 5.41) is 13.1. The summed E-state index contributed by atoms with van der Waals surface area (Å²) in [6.45, 7) is 2.00. The number of aromatic nitrogens is 3. The minimum Gasteiger partial charge on any atom is -0.478 e. The van der Waals surface area contributed by atoms with E-state index in [1.807, 2.05) is 25.4 Å². The van der Waals surface area contributed by atoms with Crippen LogP contribution >= 0.6 is 0 Å². The summed E-state index contributed by atoms with van der Waals surface area (Å²) < 4.78 is 0. The number of carboxylic acids is 1. The standard InChI is InChI=1S/C15H14N4O2/c1-9(12-6-10-4-5-16-14(10)18-8-12)19-13-3-2-11(7-17-13)15(20)21/h2-9H,1H3,(H,16,18)(H,17,19)(H,20,21). The van der Waals surface area contributed by atoms with Crippen LogP contribution < -0.4 is 5.32 Å². The van der Waals surface area contributed by atoms with Gasteiger partial charge in [-0.25, -0.2) is 14.8 Å². The molecule has 3 aromatic heterocycles. The number of nitrogens with one attached hydrogen (secondary N) is 2. The number of pyridine rings is 2. The van der Waals surface area contributed by atoms with Crippen molar-refractivity contribution in [1.82, 2.24) is 15.0 Å². The van der Waals surface area contributed by atoms with Gasteiger partial charge in [0.1, 0.15) is 11.5 Å². The molecule has 0 aliphatic carbocycles. The van der Waals surface area contributed by atoms with Gasteiger partial charge in [0.15, 0.2) is 0 Å². The number of H-pyrrole nitrogens is 1. The minimum absolute atomic E-state index is 0.0139. The minimum atomic E-state index is -0.982. The second kappa shape index (κ2) is 5.24. The smallest absolute Gasteiger partial charge is 0.337 e. The Bertz CT molecular complexity index is 780. The SMILES string of the molecule is CC(Nc1ccc(C(=O)O)cn1)c1cnc2[nH]ccc2c1. The van der Waals surface area contributed by atoms with Crippen molar-refractivity contribution in [2.75, 3.05) is 5.32 Å². The zero-order valence-electron chi connectivity index (χ0n) is 11.4. The van der Waals surface area contributed by atoms with E-state index >= 15 is 0 Å². The molecule has 3 N–H and O–H groups in total. The lowest BCUT2D eigenvalue weighted by Crippen LogP contribution is -2.08. The van der Waals surface area contributed by atoms with Gasteiger partial charge in [-0.3, -0.25) is 0 Å². The molecule has 6 nitrogen and oxygen atoms in total. The maximum atomic E-state index is 10.8. The van der Waals surface area contributed by atoms with E-state index in [0.29, 0.717) is 5.82 Å². The normalized spacial score (nSPS) is 12.2. The Labute approximate surface area is 120 Å². The van der Waals surface area contributed by atoms with Gasteiger partial charge in [0.05, 0.1) is 11.6 Å². The molecule has 0 amide bonds. The highest BCUT2D eigenvalue weighted by Crippen LogP contribution is 2.20. The van der Waals surface area contributed by atoms with Gasteiger partial charge in [-0.05, 0) is 36.8 Å². The van der Waals surface area contributed by atoms with Crippen LogP contribution in [0.15, 0.2) is 42.9 Å². The lowest BCUT2D eigenvalue weighted by Gasteiger charge is -2.14. The largest absolute Gasteiger partial charge is 0.478 e. The van der Waals surface area contributed by atoms with Crippen LogP contribution in [0.3, 0.4) is 0 Å². The van der Waals surface area contributed by atoms with Gasteiger partial charge in [-0.1, -0.05) is 0 Å². The van der Waals surface area contributed by atoms with Gasteiger partial charge in [-0.15, -0.1) is 0 Å². The first kappa shape index (κ1) is 13.1. The van der Waals surface area contributed by atoms with Crippen LogP contribution in [-0.2, 0) is 0 Å². The van der Waals surface area contributed by atoms with E-state index in [2.05, 4.69) is 26.3 Å². The Kier molecular flexibility index (Phi) is 3.27. The topological polar surface area (TPSA) is 90.9 Å². The Hall–Kier alpha value is -2.89. The van der Waals surface area contributed by atoms with Gasteiger partial charge < -0.3 is 15.4 Å². The third kappa shape index (κ3) is 2.69. The summed E-state index contributed by atoms with van der Waals surface area (Å²) in [6.07, 6.45) is 5.00. The summed E-state index contributed by atoms with van der Waals surface area (Å²) >= 11 is 0. The van der Waals surface area contributed by atoms with E-state index in [0.717, 1.165) is 16.6 Å². The zero-order valence-corrected chi connectivity index (χ0v) is 11.4. The Morgan fingerprint density at radius 3 is 2.86 bits per heavy atom. The number of aromatic carboxylic acids is 1. The van der Waals surface area contributed by atoms with Crippen LogP contribution in [0.1, 0.15) is 28.9 Å². The first-order valence-electron chi connectivity index (χ1n) is 6.52. The maximum absolute atomic E-state index is 10.8. The van der Waals surface area contributed by atoms with Gasteiger partial charge in [0, 0.05) is 24.0 Å². The van der Waals surface area contributed by atoms with E-state index in [4.69, 9.17) is 5.11 Å². The van der Waals surface area contributed by atoms with Crippen molar-refractivity contribution in [3.63, 3.8) is 0 Å². The van der Waals surface area contributed by atoms with Crippen LogP contribution in [-0.4, -0.2) is 26.0 Å². The lowest BCUT2D eigenvalue weighted by molar-refractivity contribution is 0.0696. The molecule has 0 aliphatic rings. The average molecular weight is 282 g/mol. The van der Waals surface area contributed by atoms with E-state index in [1.165, 1.54) is 12.3 Å². The number of rotatable bonds is 4. The predicted octanol–water partition coefficient (Wildman–Crippen LogP) is 2.83. The number of nitrogens with zero attached hydrogens (tertiary/aromatic N) is 2. The molecule has 0 fully saturated rings. The molecule has 0 radical (unpaired) electrons. The van der Waals surface area contributed by atoms with Crippen LogP contribution in [0.25, 0.3) is 11.0 Å².